The second-order valence-corrected chi connectivity index (χ2v) is 5.99. The number of fused-ring (bicyclic) bond motifs is 1. The van der Waals surface area contributed by atoms with Crippen molar-refractivity contribution in [3.05, 3.63) is 68.9 Å². The van der Waals surface area contributed by atoms with Crippen molar-refractivity contribution < 1.29 is 9.52 Å². The van der Waals surface area contributed by atoms with Crippen molar-refractivity contribution in [2.75, 3.05) is 0 Å². The second-order valence-electron chi connectivity index (χ2n) is 5.14. The zero-order valence-electron chi connectivity index (χ0n) is 11.7. The molecule has 2 nitrogen and oxygen atoms in total. The second kappa shape index (κ2) is 5.38. The first-order valence-electron chi connectivity index (χ1n) is 6.60. The van der Waals surface area contributed by atoms with Crippen LogP contribution in [0.1, 0.15) is 28.6 Å². The van der Waals surface area contributed by atoms with Crippen LogP contribution < -0.4 is 0 Å². The average molecular weight is 321 g/mol. The van der Waals surface area contributed by atoms with Gasteiger partial charge in [-0.2, -0.15) is 0 Å². The molecular weight excluding hydrogens is 307 g/mol. The first-order valence-corrected chi connectivity index (χ1v) is 7.35. The van der Waals surface area contributed by atoms with Crippen LogP contribution in [0.5, 0.6) is 0 Å². The highest BCUT2D eigenvalue weighted by Crippen LogP contribution is 2.35. The SMILES string of the molecule is Cc1cc2oc(C(O)c3ccc(Cl)cc3)c(C)c2cc1Cl. The summed E-state index contributed by atoms with van der Waals surface area (Å²) in [7, 11) is 0. The Morgan fingerprint density at radius 1 is 1.05 bits per heavy atom. The first kappa shape index (κ1) is 14.5. The zero-order chi connectivity index (χ0) is 15.1. The van der Waals surface area contributed by atoms with Gasteiger partial charge < -0.3 is 9.52 Å². The van der Waals surface area contributed by atoms with E-state index in [-0.39, 0.29) is 0 Å². The summed E-state index contributed by atoms with van der Waals surface area (Å²) in [4.78, 5) is 0. The third-order valence-corrected chi connectivity index (χ3v) is 4.35. The van der Waals surface area contributed by atoms with Gasteiger partial charge in [0.15, 0.2) is 0 Å². The fourth-order valence-electron chi connectivity index (χ4n) is 2.42. The van der Waals surface area contributed by atoms with Crippen molar-refractivity contribution in [3.8, 4) is 0 Å². The molecule has 21 heavy (non-hydrogen) atoms. The quantitative estimate of drug-likeness (QED) is 0.682. The molecule has 0 radical (unpaired) electrons. The lowest BCUT2D eigenvalue weighted by Gasteiger charge is -2.09. The Hall–Kier alpha value is -1.48. The maximum absolute atomic E-state index is 10.5. The van der Waals surface area contributed by atoms with Gasteiger partial charge in [0.25, 0.3) is 0 Å². The molecule has 0 aliphatic carbocycles. The number of rotatable bonds is 2. The smallest absolute Gasteiger partial charge is 0.141 e. The van der Waals surface area contributed by atoms with Crippen molar-refractivity contribution in [1.82, 2.24) is 0 Å². The maximum Gasteiger partial charge on any atom is 0.141 e. The first-order chi connectivity index (χ1) is 9.97. The molecule has 1 aromatic heterocycles. The molecule has 2 aromatic carbocycles. The number of furan rings is 1. The fraction of sp³-hybridized carbons (Fsp3) is 0.176. The Morgan fingerprint density at radius 2 is 1.71 bits per heavy atom. The van der Waals surface area contributed by atoms with E-state index in [1.807, 2.05) is 26.0 Å². The Balaban J connectivity index is 2.11. The highest BCUT2D eigenvalue weighted by molar-refractivity contribution is 6.32. The molecule has 1 unspecified atom stereocenters. The van der Waals surface area contributed by atoms with Crippen LogP contribution in [-0.4, -0.2) is 5.11 Å². The van der Waals surface area contributed by atoms with Crippen molar-refractivity contribution in [1.29, 1.82) is 0 Å². The van der Waals surface area contributed by atoms with Gasteiger partial charge in [0.1, 0.15) is 17.4 Å². The topological polar surface area (TPSA) is 33.4 Å². The standard InChI is InChI=1S/C17H14Cl2O2/c1-9-7-15-13(8-14(9)19)10(2)17(21-15)16(20)11-3-5-12(18)6-4-11/h3-8,16,20H,1-2H3. The lowest BCUT2D eigenvalue weighted by Crippen LogP contribution is -1.99. The number of benzene rings is 2. The molecule has 1 atom stereocenters. The van der Waals surface area contributed by atoms with Gasteiger partial charge in [-0.15, -0.1) is 0 Å². The van der Waals surface area contributed by atoms with E-state index >= 15 is 0 Å². The number of hydrogen-bond acceptors (Lipinski definition) is 2. The molecule has 3 aromatic rings. The Kier molecular flexibility index (Phi) is 3.70. The monoisotopic (exact) mass is 320 g/mol. The third kappa shape index (κ3) is 2.55. The maximum atomic E-state index is 10.5. The van der Waals surface area contributed by atoms with Gasteiger partial charge in [0, 0.05) is 21.0 Å². The molecule has 3 rings (SSSR count). The number of aliphatic hydroxyl groups excluding tert-OH is 1. The van der Waals surface area contributed by atoms with Crippen LogP contribution in [0, 0.1) is 13.8 Å². The van der Waals surface area contributed by atoms with Gasteiger partial charge in [0.05, 0.1) is 0 Å². The van der Waals surface area contributed by atoms with E-state index in [2.05, 4.69) is 0 Å². The van der Waals surface area contributed by atoms with Gasteiger partial charge in [-0.25, -0.2) is 0 Å². The molecule has 1 heterocycles. The van der Waals surface area contributed by atoms with Gasteiger partial charge in [-0.1, -0.05) is 35.3 Å². The molecule has 0 aliphatic rings. The normalized spacial score (nSPS) is 12.8. The van der Waals surface area contributed by atoms with Gasteiger partial charge in [-0.05, 0) is 49.2 Å². The molecule has 0 spiro atoms. The molecule has 1 N–H and O–H groups in total. The van der Waals surface area contributed by atoms with E-state index in [9.17, 15) is 5.11 Å². The highest BCUT2D eigenvalue weighted by atomic mass is 35.5. The minimum Gasteiger partial charge on any atom is -0.458 e. The van der Waals surface area contributed by atoms with E-state index in [4.69, 9.17) is 27.6 Å². The van der Waals surface area contributed by atoms with Gasteiger partial charge >= 0.3 is 0 Å². The molecule has 0 saturated heterocycles. The number of hydrogen-bond donors (Lipinski definition) is 1. The molecule has 0 saturated carbocycles. The molecule has 0 aliphatic heterocycles. The summed E-state index contributed by atoms with van der Waals surface area (Å²) in [6.45, 7) is 3.85. The lowest BCUT2D eigenvalue weighted by molar-refractivity contribution is 0.191. The number of aliphatic hydroxyl groups is 1. The predicted molar refractivity (Wildman–Crippen MR) is 86.2 cm³/mol. The van der Waals surface area contributed by atoms with E-state index < -0.39 is 6.10 Å². The molecule has 0 bridgehead atoms. The molecule has 108 valence electrons. The predicted octanol–water partition coefficient (Wildman–Crippen LogP) is 5.44. The van der Waals surface area contributed by atoms with Crippen LogP contribution in [0.25, 0.3) is 11.0 Å². The Morgan fingerprint density at radius 3 is 2.38 bits per heavy atom. The average Bonchev–Trinajstić information content (AvgIpc) is 2.77. The summed E-state index contributed by atoms with van der Waals surface area (Å²) in [5.74, 6) is 0.536. The summed E-state index contributed by atoms with van der Waals surface area (Å²) < 4.78 is 5.84. The summed E-state index contributed by atoms with van der Waals surface area (Å²) in [5.41, 5.74) is 3.32. The fourth-order valence-corrected chi connectivity index (χ4v) is 2.71. The molecular formula is C17H14Cl2O2. The summed E-state index contributed by atoms with van der Waals surface area (Å²) in [5, 5.41) is 12.8. The molecule has 4 heteroatoms. The van der Waals surface area contributed by atoms with E-state index in [1.165, 1.54) is 0 Å². The number of halogens is 2. The van der Waals surface area contributed by atoms with Crippen molar-refractivity contribution >= 4 is 34.2 Å². The molecule has 0 amide bonds. The van der Waals surface area contributed by atoms with Gasteiger partial charge in [0.2, 0.25) is 0 Å². The summed E-state index contributed by atoms with van der Waals surface area (Å²) >= 11 is 12.0. The summed E-state index contributed by atoms with van der Waals surface area (Å²) in [6, 6.07) is 10.8. The van der Waals surface area contributed by atoms with Crippen LogP contribution in [0.2, 0.25) is 10.0 Å². The largest absolute Gasteiger partial charge is 0.458 e. The van der Waals surface area contributed by atoms with Crippen LogP contribution in [-0.2, 0) is 0 Å². The van der Waals surface area contributed by atoms with Crippen LogP contribution in [0.15, 0.2) is 40.8 Å². The van der Waals surface area contributed by atoms with Crippen LogP contribution in [0.4, 0.5) is 0 Å². The molecule has 0 fully saturated rings. The van der Waals surface area contributed by atoms with Crippen LogP contribution >= 0.6 is 23.2 Å². The lowest BCUT2D eigenvalue weighted by atomic mass is 10.0. The summed E-state index contributed by atoms with van der Waals surface area (Å²) in [6.07, 6.45) is -0.825. The Labute approximate surface area is 132 Å². The number of aryl methyl sites for hydroxylation is 2. The van der Waals surface area contributed by atoms with Gasteiger partial charge in [-0.3, -0.25) is 0 Å². The van der Waals surface area contributed by atoms with Crippen molar-refractivity contribution in [2.45, 2.75) is 20.0 Å². The van der Waals surface area contributed by atoms with E-state index in [0.29, 0.717) is 15.8 Å². The minimum atomic E-state index is -0.825. The van der Waals surface area contributed by atoms with E-state index in [0.717, 1.165) is 27.7 Å². The van der Waals surface area contributed by atoms with Crippen LogP contribution in [0.3, 0.4) is 0 Å². The highest BCUT2D eigenvalue weighted by Gasteiger charge is 2.20. The Bertz CT molecular complexity index is 804. The third-order valence-electron chi connectivity index (χ3n) is 3.69. The van der Waals surface area contributed by atoms with E-state index in [1.54, 1.807) is 24.3 Å². The minimum absolute atomic E-state index is 0.536. The van der Waals surface area contributed by atoms with Crippen molar-refractivity contribution in [3.63, 3.8) is 0 Å². The zero-order valence-corrected chi connectivity index (χ0v) is 13.2. The van der Waals surface area contributed by atoms with Crippen molar-refractivity contribution in [2.24, 2.45) is 0 Å².